The van der Waals surface area contributed by atoms with Crippen molar-refractivity contribution in [3.05, 3.63) is 47.1 Å². The molecule has 1 saturated heterocycles. The van der Waals surface area contributed by atoms with Crippen LogP contribution in [0.3, 0.4) is 0 Å². The number of aliphatic hydroxyl groups excluding tert-OH is 3. The number of phenols is 1. The summed E-state index contributed by atoms with van der Waals surface area (Å²) >= 11 is 0. The molecule has 7 atom stereocenters. The lowest BCUT2D eigenvalue weighted by molar-refractivity contribution is -0.271. The third kappa shape index (κ3) is 6.06. The number of phenolic OH excluding ortho intramolecular Hbond substituents is 1. The molecule has 3 rings (SSSR count). The van der Waals surface area contributed by atoms with E-state index in [4.69, 9.17) is 9.47 Å². The van der Waals surface area contributed by atoms with Gasteiger partial charge in [-0.3, -0.25) is 0 Å². The number of hydrogen-bond donors (Lipinski definition) is 5. The van der Waals surface area contributed by atoms with E-state index in [0.29, 0.717) is 12.0 Å². The van der Waals surface area contributed by atoms with Crippen molar-refractivity contribution in [2.75, 3.05) is 0 Å². The third-order valence-corrected chi connectivity index (χ3v) is 7.02. The van der Waals surface area contributed by atoms with Crippen molar-refractivity contribution < 1.29 is 39.8 Å². The van der Waals surface area contributed by atoms with E-state index in [9.17, 15) is 30.3 Å². The van der Waals surface area contributed by atoms with Gasteiger partial charge in [0.25, 0.3) is 0 Å². The van der Waals surface area contributed by atoms with E-state index in [1.807, 2.05) is 13.8 Å². The minimum atomic E-state index is -1.81. The number of unbranched alkanes of at least 4 members (excludes halogenated alkanes) is 2. The molecule has 0 spiro atoms. The highest BCUT2D eigenvalue weighted by atomic mass is 16.7. The third-order valence-electron chi connectivity index (χ3n) is 7.02. The quantitative estimate of drug-likeness (QED) is 0.262. The van der Waals surface area contributed by atoms with Crippen molar-refractivity contribution >= 4 is 5.97 Å². The van der Waals surface area contributed by atoms with Gasteiger partial charge in [-0.05, 0) is 63.1 Å². The van der Waals surface area contributed by atoms with Crippen LogP contribution in [-0.2, 0) is 16.0 Å². The number of hydrogen-bond acceptors (Lipinski definition) is 7. The molecular formula is C27H38O8. The highest BCUT2D eigenvalue weighted by Crippen LogP contribution is 2.47. The summed E-state index contributed by atoms with van der Waals surface area (Å²) in [5, 5.41) is 51.4. The fraction of sp³-hybridized carbons (Fsp3) is 0.593. The van der Waals surface area contributed by atoms with Crippen LogP contribution < -0.4 is 4.74 Å². The lowest BCUT2D eigenvalue weighted by Gasteiger charge is -2.39. The standard InChI is InChI=1S/C27H38O8/c1-5-6-7-8-16-12-19(28)21(18-11-15(4)9-10-17(18)14(2)3)20(13-16)34-27-24(31)22(29)23(30)25(35-27)26(32)33/h11-13,17-18,22-25,27-31H,2,5-10H2,1,3-4H3,(H,32,33)/t17-,18?,22-,23-,24+,25-,27?/m0/s1. The first-order valence-corrected chi connectivity index (χ1v) is 12.3. The van der Waals surface area contributed by atoms with Gasteiger partial charge in [-0.15, -0.1) is 0 Å². The van der Waals surface area contributed by atoms with Crippen LogP contribution in [0.15, 0.2) is 35.9 Å². The Labute approximate surface area is 206 Å². The van der Waals surface area contributed by atoms with Crippen LogP contribution in [0, 0.1) is 5.92 Å². The Morgan fingerprint density at radius 3 is 2.51 bits per heavy atom. The molecule has 0 bridgehead atoms. The fourth-order valence-corrected chi connectivity index (χ4v) is 5.00. The zero-order valence-corrected chi connectivity index (χ0v) is 20.7. The van der Waals surface area contributed by atoms with Gasteiger partial charge in [-0.1, -0.05) is 43.6 Å². The van der Waals surface area contributed by atoms with E-state index < -0.39 is 36.7 Å². The van der Waals surface area contributed by atoms with E-state index in [-0.39, 0.29) is 23.3 Å². The Hall–Kier alpha value is -2.39. The molecule has 194 valence electrons. The maximum absolute atomic E-state index is 11.5. The lowest BCUT2D eigenvalue weighted by Crippen LogP contribution is -2.61. The molecule has 0 aromatic heterocycles. The summed E-state index contributed by atoms with van der Waals surface area (Å²) in [5.74, 6) is -1.39. The van der Waals surface area contributed by atoms with Crippen LogP contribution in [0.1, 0.15) is 69.9 Å². The molecule has 0 amide bonds. The molecule has 2 unspecified atom stereocenters. The highest BCUT2D eigenvalue weighted by molar-refractivity contribution is 5.73. The van der Waals surface area contributed by atoms with Gasteiger partial charge >= 0.3 is 5.97 Å². The summed E-state index contributed by atoms with van der Waals surface area (Å²) in [7, 11) is 0. The molecule has 8 heteroatoms. The first-order chi connectivity index (χ1) is 16.5. The smallest absolute Gasteiger partial charge is 0.335 e. The van der Waals surface area contributed by atoms with Crippen molar-refractivity contribution in [2.24, 2.45) is 5.92 Å². The number of aliphatic hydroxyl groups is 3. The summed E-state index contributed by atoms with van der Waals surface area (Å²) in [5.41, 5.74) is 3.47. The van der Waals surface area contributed by atoms with E-state index in [1.54, 1.807) is 12.1 Å². The Morgan fingerprint density at radius 2 is 1.89 bits per heavy atom. The van der Waals surface area contributed by atoms with Gasteiger partial charge in [-0.25, -0.2) is 4.79 Å². The normalized spacial score (nSPS) is 31.0. The second-order valence-corrected chi connectivity index (χ2v) is 9.87. The number of ether oxygens (including phenoxy) is 2. The van der Waals surface area contributed by atoms with Gasteiger partial charge in [0, 0.05) is 11.5 Å². The lowest BCUT2D eigenvalue weighted by atomic mass is 9.73. The Kier molecular flexibility index (Phi) is 8.99. The van der Waals surface area contributed by atoms with Crippen LogP contribution in [0.4, 0.5) is 0 Å². The zero-order chi connectivity index (χ0) is 25.9. The number of allylic oxidation sites excluding steroid dienone is 3. The molecule has 1 aliphatic heterocycles. The molecule has 35 heavy (non-hydrogen) atoms. The second-order valence-electron chi connectivity index (χ2n) is 9.87. The van der Waals surface area contributed by atoms with Crippen LogP contribution in [0.5, 0.6) is 11.5 Å². The van der Waals surface area contributed by atoms with Gasteiger partial charge in [0.05, 0.1) is 0 Å². The monoisotopic (exact) mass is 490 g/mol. The van der Waals surface area contributed by atoms with Crippen molar-refractivity contribution in [3.8, 4) is 11.5 Å². The van der Waals surface area contributed by atoms with Gasteiger partial charge in [0.2, 0.25) is 6.29 Å². The molecule has 1 aromatic carbocycles. The molecule has 8 nitrogen and oxygen atoms in total. The number of aryl methyl sites for hydroxylation is 1. The van der Waals surface area contributed by atoms with Gasteiger partial charge in [-0.2, -0.15) is 0 Å². The number of benzene rings is 1. The molecule has 0 saturated carbocycles. The summed E-state index contributed by atoms with van der Waals surface area (Å²) in [4.78, 5) is 11.5. The Balaban J connectivity index is 2.05. The topological polar surface area (TPSA) is 137 Å². The Morgan fingerprint density at radius 1 is 1.17 bits per heavy atom. The van der Waals surface area contributed by atoms with Gasteiger partial charge in [0.15, 0.2) is 6.10 Å². The van der Waals surface area contributed by atoms with Crippen molar-refractivity contribution in [1.29, 1.82) is 0 Å². The maximum Gasteiger partial charge on any atom is 0.335 e. The number of aliphatic carboxylic acids is 1. The Bertz CT molecular complexity index is 955. The summed E-state index contributed by atoms with van der Waals surface area (Å²) in [6, 6.07) is 3.50. The average Bonchev–Trinajstić information content (AvgIpc) is 2.79. The van der Waals surface area contributed by atoms with E-state index in [2.05, 4.69) is 19.6 Å². The van der Waals surface area contributed by atoms with Crippen LogP contribution >= 0.6 is 0 Å². The first kappa shape index (κ1) is 27.2. The van der Waals surface area contributed by atoms with Crippen molar-refractivity contribution in [3.63, 3.8) is 0 Å². The number of carbonyl (C=O) groups is 1. The molecule has 1 fully saturated rings. The molecule has 0 radical (unpaired) electrons. The zero-order valence-electron chi connectivity index (χ0n) is 20.7. The average molecular weight is 491 g/mol. The summed E-state index contributed by atoms with van der Waals surface area (Å²) in [6.07, 6.45) is -1.09. The molecular weight excluding hydrogens is 452 g/mol. The number of rotatable bonds is 9. The van der Waals surface area contributed by atoms with Crippen LogP contribution in [-0.4, -0.2) is 62.2 Å². The number of carboxylic acids is 1. The highest BCUT2D eigenvalue weighted by Gasteiger charge is 2.48. The molecule has 5 N–H and O–H groups in total. The minimum absolute atomic E-state index is 0.0388. The first-order valence-electron chi connectivity index (χ1n) is 12.3. The minimum Gasteiger partial charge on any atom is -0.507 e. The van der Waals surface area contributed by atoms with Crippen LogP contribution in [0.2, 0.25) is 0 Å². The fourth-order valence-electron chi connectivity index (χ4n) is 5.00. The number of aromatic hydroxyl groups is 1. The molecule has 2 aliphatic rings. The summed E-state index contributed by atoms with van der Waals surface area (Å²) < 4.78 is 11.4. The molecule has 1 aromatic rings. The van der Waals surface area contributed by atoms with Crippen molar-refractivity contribution in [2.45, 2.75) is 95.9 Å². The van der Waals surface area contributed by atoms with E-state index in [0.717, 1.165) is 43.2 Å². The maximum atomic E-state index is 11.5. The SMILES string of the molecule is C=C(C)[C@@H]1CCC(C)=CC1c1c(O)cc(CCCCC)cc1OC1O[C@H](C(=O)O)[C@@H](O)[C@H](O)[C@H]1O. The van der Waals surface area contributed by atoms with Gasteiger partial charge in [0.1, 0.15) is 29.8 Å². The summed E-state index contributed by atoms with van der Waals surface area (Å²) in [6.45, 7) is 10.2. The molecule has 1 heterocycles. The van der Waals surface area contributed by atoms with Crippen molar-refractivity contribution in [1.82, 2.24) is 0 Å². The van der Waals surface area contributed by atoms with Crippen LogP contribution in [0.25, 0.3) is 0 Å². The predicted octanol–water partition coefficient (Wildman–Crippen LogP) is 3.41. The number of carboxylic acid groups (broad SMARTS) is 1. The van der Waals surface area contributed by atoms with Gasteiger partial charge < -0.3 is 35.0 Å². The largest absolute Gasteiger partial charge is 0.507 e. The van der Waals surface area contributed by atoms with E-state index in [1.165, 1.54) is 5.57 Å². The molecule has 1 aliphatic carbocycles. The second kappa shape index (κ2) is 11.6. The van der Waals surface area contributed by atoms with E-state index >= 15 is 0 Å². The predicted molar refractivity (Wildman–Crippen MR) is 130 cm³/mol.